The topological polar surface area (TPSA) is 98.5 Å². The van der Waals surface area contributed by atoms with Crippen LogP contribution in [0.5, 0.6) is 0 Å². The monoisotopic (exact) mass is 454 g/mol. The van der Waals surface area contributed by atoms with Gasteiger partial charge in [0.2, 0.25) is 5.91 Å². The molecule has 0 bridgehead atoms. The molecular formula is C18H16BrClN2O5. The Morgan fingerprint density at radius 2 is 2.04 bits per heavy atom. The Morgan fingerprint density at radius 1 is 1.30 bits per heavy atom. The van der Waals surface area contributed by atoms with E-state index in [1.165, 1.54) is 25.3 Å². The van der Waals surface area contributed by atoms with Crippen LogP contribution in [0.15, 0.2) is 46.9 Å². The minimum absolute atomic E-state index is 0.104. The smallest absolute Gasteiger partial charge is 0.328 e. The van der Waals surface area contributed by atoms with E-state index in [9.17, 15) is 19.7 Å². The molecule has 1 amide bonds. The first-order chi connectivity index (χ1) is 12.8. The lowest BCUT2D eigenvalue weighted by atomic mass is 10.0. The van der Waals surface area contributed by atoms with E-state index in [-0.39, 0.29) is 18.5 Å². The first-order valence-corrected chi connectivity index (χ1v) is 9.01. The number of nitro groups is 1. The fourth-order valence-corrected chi connectivity index (χ4v) is 3.07. The van der Waals surface area contributed by atoms with Crippen LogP contribution in [0.1, 0.15) is 11.1 Å². The number of carbonyl (C=O) groups is 2. The number of non-ortho nitro benzene ring substituents is 1. The quantitative estimate of drug-likeness (QED) is 0.392. The molecule has 0 fully saturated rings. The van der Waals surface area contributed by atoms with Crippen molar-refractivity contribution in [1.82, 2.24) is 5.32 Å². The van der Waals surface area contributed by atoms with Gasteiger partial charge in [0.1, 0.15) is 6.04 Å². The molecule has 1 N–H and O–H groups in total. The van der Waals surface area contributed by atoms with Crippen LogP contribution < -0.4 is 5.32 Å². The third kappa shape index (κ3) is 6.04. The number of hydrogen-bond donors (Lipinski definition) is 1. The van der Waals surface area contributed by atoms with Gasteiger partial charge in [0, 0.05) is 28.0 Å². The average Bonchev–Trinajstić information content (AvgIpc) is 2.63. The fourth-order valence-electron chi connectivity index (χ4n) is 2.47. The Hall–Kier alpha value is -2.45. The second-order valence-electron chi connectivity index (χ2n) is 5.69. The number of hydrogen-bond acceptors (Lipinski definition) is 5. The molecule has 1 atom stereocenters. The van der Waals surface area contributed by atoms with Gasteiger partial charge in [-0.1, -0.05) is 39.7 Å². The van der Waals surface area contributed by atoms with Crippen molar-refractivity contribution in [3.8, 4) is 0 Å². The summed E-state index contributed by atoms with van der Waals surface area (Å²) in [6, 6.07) is 9.98. The van der Waals surface area contributed by atoms with Crippen molar-refractivity contribution in [2.45, 2.75) is 18.9 Å². The summed E-state index contributed by atoms with van der Waals surface area (Å²) < 4.78 is 5.51. The molecule has 0 unspecified atom stereocenters. The minimum Gasteiger partial charge on any atom is -0.467 e. The number of amides is 1. The Labute approximate surface area is 168 Å². The maximum absolute atomic E-state index is 12.3. The molecule has 0 spiro atoms. The summed E-state index contributed by atoms with van der Waals surface area (Å²) >= 11 is 9.37. The molecule has 2 aromatic carbocycles. The third-order valence-corrected chi connectivity index (χ3v) is 4.75. The van der Waals surface area contributed by atoms with E-state index in [2.05, 4.69) is 21.2 Å². The highest BCUT2D eigenvalue weighted by Crippen LogP contribution is 2.23. The van der Waals surface area contributed by atoms with Gasteiger partial charge in [0.15, 0.2) is 0 Å². The molecule has 7 nitrogen and oxygen atoms in total. The summed E-state index contributed by atoms with van der Waals surface area (Å²) in [7, 11) is 1.23. The molecule has 0 aliphatic heterocycles. The van der Waals surface area contributed by atoms with Gasteiger partial charge in [-0.25, -0.2) is 4.79 Å². The van der Waals surface area contributed by atoms with Crippen LogP contribution in [0.3, 0.4) is 0 Å². The Balaban J connectivity index is 2.12. The maximum Gasteiger partial charge on any atom is 0.328 e. The Kier molecular flexibility index (Phi) is 7.32. The van der Waals surface area contributed by atoms with Crippen molar-refractivity contribution in [3.63, 3.8) is 0 Å². The van der Waals surface area contributed by atoms with Crippen molar-refractivity contribution in [2.24, 2.45) is 0 Å². The maximum atomic E-state index is 12.3. The van der Waals surface area contributed by atoms with Crippen LogP contribution in [-0.2, 0) is 27.2 Å². The average molecular weight is 456 g/mol. The second-order valence-corrected chi connectivity index (χ2v) is 6.98. The number of rotatable bonds is 7. The number of methoxy groups -OCH3 is 1. The van der Waals surface area contributed by atoms with Crippen molar-refractivity contribution in [1.29, 1.82) is 0 Å². The first-order valence-electron chi connectivity index (χ1n) is 7.84. The van der Waals surface area contributed by atoms with Crippen LogP contribution in [0, 0.1) is 10.1 Å². The van der Waals surface area contributed by atoms with Gasteiger partial charge in [-0.3, -0.25) is 14.9 Å². The number of benzene rings is 2. The summed E-state index contributed by atoms with van der Waals surface area (Å²) in [6.07, 6.45) is 0.0698. The molecule has 0 aliphatic rings. The van der Waals surface area contributed by atoms with Crippen molar-refractivity contribution < 1.29 is 19.2 Å². The van der Waals surface area contributed by atoms with Gasteiger partial charge in [0.05, 0.1) is 18.5 Å². The lowest BCUT2D eigenvalue weighted by Gasteiger charge is -2.17. The number of nitro benzene ring substituents is 1. The molecule has 2 rings (SSSR count). The molecule has 0 radical (unpaired) electrons. The van der Waals surface area contributed by atoms with Gasteiger partial charge >= 0.3 is 5.97 Å². The van der Waals surface area contributed by atoms with E-state index >= 15 is 0 Å². The highest BCUT2D eigenvalue weighted by molar-refractivity contribution is 9.10. The largest absolute Gasteiger partial charge is 0.467 e. The van der Waals surface area contributed by atoms with E-state index < -0.39 is 22.8 Å². The Bertz CT molecular complexity index is 875. The van der Waals surface area contributed by atoms with Crippen LogP contribution in [0.2, 0.25) is 5.02 Å². The fraction of sp³-hybridized carbons (Fsp3) is 0.222. The van der Waals surface area contributed by atoms with Crippen LogP contribution in [-0.4, -0.2) is 30.0 Å². The van der Waals surface area contributed by atoms with E-state index in [4.69, 9.17) is 16.3 Å². The lowest BCUT2D eigenvalue weighted by Crippen LogP contribution is -2.43. The molecule has 142 valence electrons. The zero-order chi connectivity index (χ0) is 20.0. The number of esters is 1. The van der Waals surface area contributed by atoms with Crippen molar-refractivity contribution in [2.75, 3.05) is 7.11 Å². The Morgan fingerprint density at radius 3 is 2.70 bits per heavy atom. The summed E-state index contributed by atoms with van der Waals surface area (Å²) in [5.74, 6) is -1.06. The van der Waals surface area contributed by atoms with Gasteiger partial charge in [-0.05, 0) is 29.3 Å². The molecule has 0 heterocycles. The molecule has 0 aromatic heterocycles. The van der Waals surface area contributed by atoms with Gasteiger partial charge in [-0.2, -0.15) is 0 Å². The number of ether oxygens (including phenoxy) is 1. The lowest BCUT2D eigenvalue weighted by molar-refractivity contribution is -0.384. The highest BCUT2D eigenvalue weighted by Gasteiger charge is 2.23. The summed E-state index contributed by atoms with van der Waals surface area (Å²) in [5.41, 5.74) is 1.09. The zero-order valence-electron chi connectivity index (χ0n) is 14.3. The number of nitrogens with one attached hydrogen (secondary N) is 1. The molecular weight excluding hydrogens is 440 g/mol. The summed E-state index contributed by atoms with van der Waals surface area (Å²) in [6.45, 7) is 0. The molecule has 0 aliphatic carbocycles. The first kappa shape index (κ1) is 20.9. The standard InChI is InChI=1S/C18H16BrClN2O5/c1-27-18(24)16(10-12-9-13(20)5-6-15(12)19)21-17(23)8-11-3-2-4-14(7-11)22(25)26/h2-7,9,16H,8,10H2,1H3,(H,21,23)/t16-/m0/s1. The number of halogens is 2. The van der Waals surface area contributed by atoms with E-state index in [1.54, 1.807) is 24.3 Å². The van der Waals surface area contributed by atoms with Crippen molar-refractivity contribution in [3.05, 3.63) is 73.2 Å². The van der Waals surface area contributed by atoms with Gasteiger partial charge < -0.3 is 10.1 Å². The summed E-state index contributed by atoms with van der Waals surface area (Å²) in [4.78, 5) is 34.7. The van der Waals surface area contributed by atoms with E-state index in [0.29, 0.717) is 10.6 Å². The number of nitrogens with zero attached hydrogens (tertiary/aromatic N) is 1. The van der Waals surface area contributed by atoms with Gasteiger partial charge in [0.25, 0.3) is 5.69 Å². The zero-order valence-corrected chi connectivity index (χ0v) is 16.6. The third-order valence-electron chi connectivity index (χ3n) is 3.74. The van der Waals surface area contributed by atoms with E-state index in [1.807, 2.05) is 0 Å². The van der Waals surface area contributed by atoms with Crippen LogP contribution in [0.25, 0.3) is 0 Å². The predicted molar refractivity (Wildman–Crippen MR) is 104 cm³/mol. The van der Waals surface area contributed by atoms with Crippen LogP contribution in [0.4, 0.5) is 5.69 Å². The van der Waals surface area contributed by atoms with E-state index in [0.717, 1.165) is 10.0 Å². The number of carbonyl (C=O) groups excluding carboxylic acids is 2. The van der Waals surface area contributed by atoms with Gasteiger partial charge in [-0.15, -0.1) is 0 Å². The molecule has 0 saturated heterocycles. The molecule has 2 aromatic rings. The minimum atomic E-state index is -0.920. The molecule has 27 heavy (non-hydrogen) atoms. The predicted octanol–water partition coefficient (Wildman–Crippen LogP) is 3.45. The normalized spacial score (nSPS) is 11.5. The molecule has 0 saturated carbocycles. The summed E-state index contributed by atoms with van der Waals surface area (Å²) in [5, 5.41) is 13.9. The SMILES string of the molecule is COC(=O)[C@H](Cc1cc(Cl)ccc1Br)NC(=O)Cc1cccc([N+](=O)[O-])c1. The van der Waals surface area contributed by atoms with Crippen molar-refractivity contribution >= 4 is 45.1 Å². The molecule has 9 heteroatoms. The highest BCUT2D eigenvalue weighted by atomic mass is 79.9. The van der Waals surface area contributed by atoms with Crippen LogP contribution >= 0.6 is 27.5 Å². The second kappa shape index (κ2) is 9.48.